The summed E-state index contributed by atoms with van der Waals surface area (Å²) in [5.74, 6) is 0.921. The largest absolute Gasteiger partial charge is 0.491 e. The van der Waals surface area contributed by atoms with E-state index < -0.39 is 0 Å². The molecule has 0 aliphatic carbocycles. The van der Waals surface area contributed by atoms with E-state index in [1.54, 1.807) is 11.3 Å². The zero-order valence-corrected chi connectivity index (χ0v) is 9.72. The van der Waals surface area contributed by atoms with Crippen LogP contribution in [-0.2, 0) is 0 Å². The molecule has 1 aromatic heterocycles. The van der Waals surface area contributed by atoms with Crippen LogP contribution in [0.3, 0.4) is 0 Å². The van der Waals surface area contributed by atoms with Crippen molar-refractivity contribution >= 4 is 21.6 Å². The number of thiazole rings is 1. The number of para-hydroxylation sites is 1. The van der Waals surface area contributed by atoms with Crippen molar-refractivity contribution in [3.05, 3.63) is 23.7 Å². The van der Waals surface area contributed by atoms with Gasteiger partial charge in [0.05, 0.1) is 16.8 Å². The molecule has 0 fully saturated rings. The number of fused-ring (bicyclic) bond motifs is 1. The maximum atomic E-state index is 5.72. The number of nitrogens with zero attached hydrogens (tertiary/aromatic N) is 1. The highest BCUT2D eigenvalue weighted by Crippen LogP contribution is 2.26. The lowest BCUT2D eigenvalue weighted by Gasteiger charge is -2.05. The second-order valence-corrected chi connectivity index (χ2v) is 4.40. The second kappa shape index (κ2) is 5.12. The standard InChI is InChI=1S/C12H15NOS/c1-2-3-4-8-14-10-6-5-7-11-12(10)13-9-15-11/h5-7,9H,2-4,8H2,1H3. The van der Waals surface area contributed by atoms with E-state index in [0.717, 1.165) is 24.3 Å². The fourth-order valence-electron chi connectivity index (χ4n) is 1.51. The van der Waals surface area contributed by atoms with Crippen molar-refractivity contribution in [3.8, 4) is 5.75 Å². The van der Waals surface area contributed by atoms with Crippen LogP contribution in [0.5, 0.6) is 5.75 Å². The Morgan fingerprint density at radius 2 is 2.27 bits per heavy atom. The van der Waals surface area contributed by atoms with E-state index in [1.807, 2.05) is 17.6 Å². The van der Waals surface area contributed by atoms with Crippen molar-refractivity contribution in [2.75, 3.05) is 6.61 Å². The first-order chi connectivity index (χ1) is 7.42. The summed E-state index contributed by atoms with van der Waals surface area (Å²) in [6.07, 6.45) is 3.58. The zero-order valence-electron chi connectivity index (χ0n) is 8.90. The Hall–Kier alpha value is -1.09. The smallest absolute Gasteiger partial charge is 0.146 e. The van der Waals surface area contributed by atoms with Gasteiger partial charge in [0.15, 0.2) is 0 Å². The number of unbranched alkanes of at least 4 members (excludes halogenated alkanes) is 2. The van der Waals surface area contributed by atoms with Crippen LogP contribution in [0.2, 0.25) is 0 Å². The fraction of sp³-hybridized carbons (Fsp3) is 0.417. The Morgan fingerprint density at radius 3 is 3.13 bits per heavy atom. The summed E-state index contributed by atoms with van der Waals surface area (Å²) in [6.45, 7) is 2.99. The van der Waals surface area contributed by atoms with Gasteiger partial charge in [-0.25, -0.2) is 4.98 Å². The zero-order chi connectivity index (χ0) is 10.5. The van der Waals surface area contributed by atoms with Crippen molar-refractivity contribution in [1.29, 1.82) is 0 Å². The van der Waals surface area contributed by atoms with E-state index in [4.69, 9.17) is 4.74 Å². The number of ether oxygens (including phenoxy) is 1. The predicted octanol–water partition coefficient (Wildman–Crippen LogP) is 3.87. The van der Waals surface area contributed by atoms with Crippen LogP contribution in [0.4, 0.5) is 0 Å². The molecule has 0 radical (unpaired) electrons. The normalized spacial score (nSPS) is 10.7. The van der Waals surface area contributed by atoms with Crippen LogP contribution >= 0.6 is 11.3 Å². The highest BCUT2D eigenvalue weighted by atomic mass is 32.1. The highest BCUT2D eigenvalue weighted by molar-refractivity contribution is 7.16. The van der Waals surface area contributed by atoms with Gasteiger partial charge < -0.3 is 4.74 Å². The van der Waals surface area contributed by atoms with Crippen molar-refractivity contribution < 1.29 is 4.74 Å². The minimum Gasteiger partial charge on any atom is -0.491 e. The summed E-state index contributed by atoms with van der Waals surface area (Å²) in [7, 11) is 0. The number of hydrogen-bond acceptors (Lipinski definition) is 3. The van der Waals surface area contributed by atoms with Gasteiger partial charge in [-0.3, -0.25) is 0 Å². The molecule has 80 valence electrons. The van der Waals surface area contributed by atoms with Gasteiger partial charge in [0.2, 0.25) is 0 Å². The molecule has 0 N–H and O–H groups in total. The van der Waals surface area contributed by atoms with Gasteiger partial charge in [0, 0.05) is 0 Å². The van der Waals surface area contributed by atoms with Gasteiger partial charge in [-0.15, -0.1) is 11.3 Å². The van der Waals surface area contributed by atoms with Crippen LogP contribution in [0.1, 0.15) is 26.2 Å². The Labute approximate surface area is 93.9 Å². The van der Waals surface area contributed by atoms with Crippen molar-refractivity contribution in [2.45, 2.75) is 26.2 Å². The quantitative estimate of drug-likeness (QED) is 0.715. The average Bonchev–Trinajstić information content (AvgIpc) is 2.73. The fourth-order valence-corrected chi connectivity index (χ4v) is 2.20. The molecule has 2 nitrogen and oxygen atoms in total. The summed E-state index contributed by atoms with van der Waals surface area (Å²) < 4.78 is 6.92. The SMILES string of the molecule is CCCCCOc1cccc2scnc12. The number of hydrogen-bond donors (Lipinski definition) is 0. The van der Waals surface area contributed by atoms with Gasteiger partial charge in [0.25, 0.3) is 0 Å². The number of aromatic nitrogens is 1. The van der Waals surface area contributed by atoms with Gasteiger partial charge in [-0.2, -0.15) is 0 Å². The molecule has 0 aliphatic rings. The molecule has 0 spiro atoms. The Balaban J connectivity index is 2.04. The van der Waals surface area contributed by atoms with E-state index in [1.165, 1.54) is 17.5 Å². The Morgan fingerprint density at radius 1 is 1.33 bits per heavy atom. The summed E-state index contributed by atoms with van der Waals surface area (Å²) >= 11 is 1.65. The van der Waals surface area contributed by atoms with Crippen molar-refractivity contribution in [1.82, 2.24) is 4.98 Å². The molecule has 0 saturated carbocycles. The lowest BCUT2D eigenvalue weighted by molar-refractivity contribution is 0.309. The maximum absolute atomic E-state index is 5.72. The predicted molar refractivity (Wildman–Crippen MR) is 64.6 cm³/mol. The Kier molecular flexibility index (Phi) is 3.56. The molecule has 2 aromatic rings. The molecular formula is C12H15NOS. The van der Waals surface area contributed by atoms with Crippen molar-refractivity contribution in [2.24, 2.45) is 0 Å². The molecule has 0 saturated heterocycles. The van der Waals surface area contributed by atoms with Gasteiger partial charge >= 0.3 is 0 Å². The molecule has 0 atom stereocenters. The molecule has 0 amide bonds. The number of benzene rings is 1. The maximum Gasteiger partial charge on any atom is 0.146 e. The molecule has 2 rings (SSSR count). The first kappa shape index (κ1) is 10.4. The summed E-state index contributed by atoms with van der Waals surface area (Å²) in [4.78, 5) is 4.31. The summed E-state index contributed by atoms with van der Waals surface area (Å²) in [5, 5.41) is 0. The molecule has 1 heterocycles. The number of rotatable bonds is 5. The molecule has 0 unspecified atom stereocenters. The van der Waals surface area contributed by atoms with E-state index >= 15 is 0 Å². The minimum absolute atomic E-state index is 0.796. The monoisotopic (exact) mass is 221 g/mol. The van der Waals surface area contributed by atoms with Crippen LogP contribution in [0.25, 0.3) is 10.2 Å². The molecule has 15 heavy (non-hydrogen) atoms. The molecular weight excluding hydrogens is 206 g/mol. The third-order valence-corrected chi connectivity index (χ3v) is 3.12. The third kappa shape index (κ3) is 2.48. The molecule has 0 bridgehead atoms. The average molecular weight is 221 g/mol. The van der Waals surface area contributed by atoms with Gasteiger partial charge in [-0.05, 0) is 18.6 Å². The minimum atomic E-state index is 0.796. The van der Waals surface area contributed by atoms with Crippen LogP contribution in [-0.4, -0.2) is 11.6 Å². The van der Waals surface area contributed by atoms with E-state index in [-0.39, 0.29) is 0 Å². The van der Waals surface area contributed by atoms with Crippen molar-refractivity contribution in [3.63, 3.8) is 0 Å². The van der Waals surface area contributed by atoms with Gasteiger partial charge in [-0.1, -0.05) is 25.8 Å². The van der Waals surface area contributed by atoms with Crippen LogP contribution < -0.4 is 4.74 Å². The molecule has 1 aromatic carbocycles. The van der Waals surface area contributed by atoms with Crippen LogP contribution in [0.15, 0.2) is 23.7 Å². The first-order valence-electron chi connectivity index (χ1n) is 5.37. The second-order valence-electron chi connectivity index (χ2n) is 3.51. The lowest BCUT2D eigenvalue weighted by Crippen LogP contribution is -1.97. The third-order valence-electron chi connectivity index (χ3n) is 2.33. The summed E-state index contributed by atoms with van der Waals surface area (Å²) in [5.41, 5.74) is 2.86. The topological polar surface area (TPSA) is 22.1 Å². The van der Waals surface area contributed by atoms with Gasteiger partial charge in [0.1, 0.15) is 11.3 Å². The highest BCUT2D eigenvalue weighted by Gasteiger charge is 2.03. The van der Waals surface area contributed by atoms with E-state index in [9.17, 15) is 0 Å². The molecule has 3 heteroatoms. The van der Waals surface area contributed by atoms with Crippen LogP contribution in [0, 0.1) is 0 Å². The Bertz CT molecular complexity index is 424. The van der Waals surface area contributed by atoms with E-state index in [0.29, 0.717) is 0 Å². The van der Waals surface area contributed by atoms with E-state index in [2.05, 4.69) is 18.0 Å². The summed E-state index contributed by atoms with van der Waals surface area (Å²) in [6, 6.07) is 6.09. The first-order valence-corrected chi connectivity index (χ1v) is 6.25. The molecule has 0 aliphatic heterocycles. The lowest BCUT2D eigenvalue weighted by atomic mass is 10.2.